The first kappa shape index (κ1) is 7.55. The van der Waals surface area contributed by atoms with Gasteiger partial charge in [0, 0.05) is 32.3 Å². The summed E-state index contributed by atoms with van der Waals surface area (Å²) in [5, 5.41) is 0. The number of ether oxygens (including phenoxy) is 1. The van der Waals surface area contributed by atoms with Gasteiger partial charge >= 0.3 is 0 Å². The third-order valence-corrected chi connectivity index (χ3v) is 2.13. The van der Waals surface area contributed by atoms with E-state index in [9.17, 15) is 0 Å². The molecule has 1 aliphatic heterocycles. The highest BCUT2D eigenvalue weighted by atomic mass is 16.5. The van der Waals surface area contributed by atoms with E-state index in [0.29, 0.717) is 0 Å². The molecule has 1 fully saturated rings. The fourth-order valence-corrected chi connectivity index (χ4v) is 1.35. The second kappa shape index (κ2) is 3.11. The maximum Gasteiger partial charge on any atom is 0.132 e. The molecule has 0 aromatic carbocycles. The summed E-state index contributed by atoms with van der Waals surface area (Å²) in [6, 6.07) is 6.71. The molecule has 3 heteroatoms. The molecule has 63 valence electrons. The Balaban J connectivity index is 2.11. The van der Waals surface area contributed by atoms with Gasteiger partial charge in [-0.25, -0.2) is 4.98 Å². The van der Waals surface area contributed by atoms with E-state index in [1.807, 2.05) is 12.1 Å². The van der Waals surface area contributed by atoms with Crippen molar-refractivity contribution >= 4 is 5.82 Å². The lowest BCUT2D eigenvalue weighted by Gasteiger charge is -2.40. The highest BCUT2D eigenvalue weighted by Crippen LogP contribution is 2.23. The molecule has 1 aromatic rings. The molecule has 0 spiro atoms. The first-order valence-electron chi connectivity index (χ1n) is 4.03. The predicted molar refractivity (Wildman–Crippen MR) is 45.8 cm³/mol. The van der Waals surface area contributed by atoms with Crippen LogP contribution >= 0.6 is 0 Å². The topological polar surface area (TPSA) is 25.4 Å². The van der Waals surface area contributed by atoms with Crippen LogP contribution in [0.2, 0.25) is 0 Å². The monoisotopic (exact) mass is 163 g/mol. The van der Waals surface area contributed by atoms with Gasteiger partial charge in [-0.1, -0.05) is 0 Å². The van der Waals surface area contributed by atoms with Gasteiger partial charge in [0.1, 0.15) is 12.0 Å². The van der Waals surface area contributed by atoms with Crippen LogP contribution in [-0.2, 0) is 4.74 Å². The van der Waals surface area contributed by atoms with Crippen molar-refractivity contribution in [2.75, 3.05) is 18.6 Å². The third-order valence-electron chi connectivity index (χ3n) is 2.13. The average molecular weight is 163 g/mol. The van der Waals surface area contributed by atoms with Crippen LogP contribution < -0.4 is 4.90 Å². The van der Waals surface area contributed by atoms with E-state index >= 15 is 0 Å². The molecule has 1 unspecified atom stereocenters. The van der Waals surface area contributed by atoms with E-state index in [1.165, 1.54) is 0 Å². The van der Waals surface area contributed by atoms with Gasteiger partial charge in [0.25, 0.3) is 0 Å². The fourth-order valence-electron chi connectivity index (χ4n) is 1.35. The summed E-state index contributed by atoms with van der Waals surface area (Å²) in [4.78, 5) is 6.32. The lowest BCUT2D eigenvalue weighted by molar-refractivity contribution is 0.0551. The molecule has 2 rings (SSSR count). The van der Waals surface area contributed by atoms with Crippen molar-refractivity contribution in [2.24, 2.45) is 0 Å². The van der Waals surface area contributed by atoms with Crippen molar-refractivity contribution in [1.82, 2.24) is 4.98 Å². The molecule has 3 nitrogen and oxygen atoms in total. The standard InChI is InChI=1S/C9H11N2O/c1-12-9-5-7-11(9)8-4-2-3-6-10-8/h2,4,6,9H,5,7H2,1H3. The predicted octanol–water partition coefficient (Wildman–Crippen LogP) is 1.06. The van der Waals surface area contributed by atoms with Gasteiger partial charge in [0.2, 0.25) is 0 Å². The Labute approximate surface area is 72.0 Å². The summed E-state index contributed by atoms with van der Waals surface area (Å²) < 4.78 is 5.23. The molecule has 1 atom stereocenters. The molecule has 1 radical (unpaired) electrons. The Morgan fingerprint density at radius 2 is 2.67 bits per heavy atom. The van der Waals surface area contributed by atoms with Crippen LogP contribution in [0.4, 0.5) is 5.82 Å². The minimum Gasteiger partial charge on any atom is -0.362 e. The molecule has 12 heavy (non-hydrogen) atoms. The van der Waals surface area contributed by atoms with Crippen LogP contribution in [0, 0.1) is 6.07 Å². The number of anilines is 1. The molecule has 2 heterocycles. The minimum atomic E-state index is 0.222. The lowest BCUT2D eigenvalue weighted by Crippen LogP contribution is -2.49. The van der Waals surface area contributed by atoms with E-state index < -0.39 is 0 Å². The Morgan fingerprint density at radius 3 is 3.17 bits per heavy atom. The zero-order valence-corrected chi connectivity index (χ0v) is 7.03. The number of aromatic nitrogens is 1. The van der Waals surface area contributed by atoms with Gasteiger partial charge in [-0.15, -0.1) is 0 Å². The Bertz CT molecular complexity index is 248. The van der Waals surface area contributed by atoms with Crippen LogP contribution in [-0.4, -0.2) is 24.9 Å². The lowest BCUT2D eigenvalue weighted by atomic mass is 10.2. The SMILES string of the molecule is COC1CCN1c1cc[c]cn1. The van der Waals surface area contributed by atoms with Crippen LogP contribution in [0.15, 0.2) is 18.3 Å². The van der Waals surface area contributed by atoms with Crippen molar-refractivity contribution in [3.63, 3.8) is 0 Å². The molecular formula is C9H11N2O. The van der Waals surface area contributed by atoms with E-state index in [0.717, 1.165) is 18.8 Å². The molecular weight excluding hydrogens is 152 g/mol. The van der Waals surface area contributed by atoms with Crippen LogP contribution in [0.3, 0.4) is 0 Å². The summed E-state index contributed by atoms with van der Waals surface area (Å²) in [6.07, 6.45) is 3.00. The highest BCUT2D eigenvalue weighted by molar-refractivity contribution is 5.40. The molecule has 1 aliphatic rings. The number of methoxy groups -OCH3 is 1. The molecule has 0 amide bonds. The second-order valence-electron chi connectivity index (χ2n) is 2.79. The average Bonchev–Trinajstić information content (AvgIpc) is 2.05. The first-order chi connectivity index (χ1) is 5.92. The maximum atomic E-state index is 5.23. The Morgan fingerprint density at radius 1 is 1.75 bits per heavy atom. The Hall–Kier alpha value is -1.09. The molecule has 0 bridgehead atoms. The van der Waals surface area contributed by atoms with Gasteiger partial charge in [0.05, 0.1) is 0 Å². The van der Waals surface area contributed by atoms with Crippen molar-refractivity contribution in [3.8, 4) is 0 Å². The second-order valence-corrected chi connectivity index (χ2v) is 2.79. The molecule has 0 N–H and O–H groups in total. The molecule has 1 saturated heterocycles. The molecule has 0 saturated carbocycles. The van der Waals surface area contributed by atoms with E-state index in [2.05, 4.69) is 16.0 Å². The quantitative estimate of drug-likeness (QED) is 0.652. The van der Waals surface area contributed by atoms with Gasteiger partial charge in [-0.05, 0) is 12.1 Å². The molecule has 0 aliphatic carbocycles. The van der Waals surface area contributed by atoms with Crippen molar-refractivity contribution < 1.29 is 4.74 Å². The van der Waals surface area contributed by atoms with Crippen LogP contribution in [0.5, 0.6) is 0 Å². The number of hydrogen-bond acceptors (Lipinski definition) is 3. The summed E-state index contributed by atoms with van der Waals surface area (Å²) in [5.41, 5.74) is 0. The third kappa shape index (κ3) is 1.16. The summed E-state index contributed by atoms with van der Waals surface area (Å²) >= 11 is 0. The number of pyridine rings is 1. The van der Waals surface area contributed by atoms with Crippen molar-refractivity contribution in [1.29, 1.82) is 0 Å². The number of hydrogen-bond donors (Lipinski definition) is 0. The number of rotatable bonds is 2. The number of nitrogens with zero attached hydrogens (tertiary/aromatic N) is 2. The van der Waals surface area contributed by atoms with Gasteiger partial charge in [-0.3, -0.25) is 0 Å². The van der Waals surface area contributed by atoms with Gasteiger partial charge in [0.15, 0.2) is 0 Å². The van der Waals surface area contributed by atoms with Crippen LogP contribution in [0.25, 0.3) is 0 Å². The van der Waals surface area contributed by atoms with Gasteiger partial charge in [-0.2, -0.15) is 0 Å². The minimum absolute atomic E-state index is 0.222. The first-order valence-corrected chi connectivity index (χ1v) is 4.03. The molecule has 1 aromatic heterocycles. The smallest absolute Gasteiger partial charge is 0.132 e. The fraction of sp³-hybridized carbons (Fsp3) is 0.444. The van der Waals surface area contributed by atoms with E-state index in [4.69, 9.17) is 4.74 Å². The van der Waals surface area contributed by atoms with Gasteiger partial charge < -0.3 is 9.64 Å². The van der Waals surface area contributed by atoms with E-state index in [1.54, 1.807) is 13.3 Å². The Kier molecular flexibility index (Phi) is 1.96. The van der Waals surface area contributed by atoms with Crippen LogP contribution in [0.1, 0.15) is 6.42 Å². The highest BCUT2D eigenvalue weighted by Gasteiger charge is 2.28. The maximum absolute atomic E-state index is 5.23. The van der Waals surface area contributed by atoms with Crippen molar-refractivity contribution in [2.45, 2.75) is 12.6 Å². The summed E-state index contributed by atoms with van der Waals surface area (Å²) in [7, 11) is 1.73. The zero-order chi connectivity index (χ0) is 8.39. The summed E-state index contributed by atoms with van der Waals surface area (Å²) in [5.74, 6) is 0.979. The normalized spacial score (nSPS) is 22.1. The largest absolute Gasteiger partial charge is 0.362 e. The zero-order valence-electron chi connectivity index (χ0n) is 7.03. The van der Waals surface area contributed by atoms with E-state index in [-0.39, 0.29) is 6.23 Å². The van der Waals surface area contributed by atoms with Crippen molar-refractivity contribution in [3.05, 3.63) is 24.4 Å². The summed E-state index contributed by atoms with van der Waals surface area (Å²) in [6.45, 7) is 1.04.